The van der Waals surface area contributed by atoms with E-state index in [1.54, 1.807) is 11.3 Å². The standard InChI is InChI=1S/C30H24N8S/c1-18-7-8-26(39-18)29-28-23(9-10-33-29)35-30(36-28)27-22-12-24(34-17-25(22)37-38-27)21-11-20(15-32-16-21)14-31-13-19-5-3-2-4-6-19/h2-12,15-17,31H,13-14H2,1H3,(H,35,36)(H,37,38). The van der Waals surface area contributed by atoms with Gasteiger partial charge in [0.05, 0.1) is 27.8 Å². The van der Waals surface area contributed by atoms with Crippen LogP contribution < -0.4 is 5.32 Å². The Bertz CT molecular complexity index is 1920. The summed E-state index contributed by atoms with van der Waals surface area (Å²) in [4.78, 5) is 24.5. The molecule has 0 atom stereocenters. The highest BCUT2D eigenvalue weighted by Gasteiger charge is 2.17. The summed E-state index contributed by atoms with van der Waals surface area (Å²) in [6.07, 6.45) is 7.36. The molecule has 8 nitrogen and oxygen atoms in total. The fraction of sp³-hybridized carbons (Fsp3) is 0.100. The van der Waals surface area contributed by atoms with Gasteiger partial charge in [-0.15, -0.1) is 11.3 Å². The molecule has 0 aliphatic heterocycles. The Morgan fingerprint density at radius 3 is 2.62 bits per heavy atom. The number of H-pyrrole nitrogens is 2. The second-order valence-corrected chi connectivity index (χ2v) is 10.7. The Kier molecular flexibility index (Phi) is 5.92. The lowest BCUT2D eigenvalue weighted by Crippen LogP contribution is -2.12. The van der Waals surface area contributed by atoms with Crippen molar-refractivity contribution < 1.29 is 0 Å². The molecule has 0 radical (unpaired) electrons. The molecule has 3 N–H and O–H groups in total. The van der Waals surface area contributed by atoms with Crippen molar-refractivity contribution >= 4 is 33.3 Å². The summed E-state index contributed by atoms with van der Waals surface area (Å²) in [7, 11) is 0. The first-order valence-corrected chi connectivity index (χ1v) is 13.5. The number of aryl methyl sites for hydroxylation is 1. The summed E-state index contributed by atoms with van der Waals surface area (Å²) in [5.74, 6) is 0.688. The number of hydrogen-bond acceptors (Lipinski definition) is 7. The first kappa shape index (κ1) is 23.4. The highest BCUT2D eigenvalue weighted by molar-refractivity contribution is 7.15. The van der Waals surface area contributed by atoms with E-state index in [0.717, 1.165) is 61.6 Å². The summed E-state index contributed by atoms with van der Waals surface area (Å²) in [6.45, 7) is 3.61. The van der Waals surface area contributed by atoms with Crippen molar-refractivity contribution in [1.29, 1.82) is 0 Å². The molecule has 7 rings (SSSR count). The highest BCUT2D eigenvalue weighted by Crippen LogP contribution is 2.34. The molecular weight excluding hydrogens is 504 g/mol. The van der Waals surface area contributed by atoms with Crippen LogP contribution in [0.2, 0.25) is 0 Å². The van der Waals surface area contributed by atoms with Crippen molar-refractivity contribution in [3.8, 4) is 33.3 Å². The largest absolute Gasteiger partial charge is 0.336 e. The number of pyridine rings is 3. The third kappa shape index (κ3) is 4.58. The van der Waals surface area contributed by atoms with E-state index in [4.69, 9.17) is 4.98 Å². The minimum atomic E-state index is 0.688. The Morgan fingerprint density at radius 2 is 1.74 bits per heavy atom. The Balaban J connectivity index is 1.20. The monoisotopic (exact) mass is 528 g/mol. The van der Waals surface area contributed by atoms with Gasteiger partial charge >= 0.3 is 0 Å². The molecule has 6 aromatic heterocycles. The van der Waals surface area contributed by atoms with E-state index in [2.05, 4.69) is 84.8 Å². The summed E-state index contributed by atoms with van der Waals surface area (Å²) < 4.78 is 0. The zero-order valence-corrected chi connectivity index (χ0v) is 22.0. The van der Waals surface area contributed by atoms with Gasteiger partial charge in [-0.2, -0.15) is 5.10 Å². The molecule has 7 aromatic rings. The van der Waals surface area contributed by atoms with Gasteiger partial charge in [-0.25, -0.2) is 4.98 Å². The van der Waals surface area contributed by atoms with Gasteiger partial charge in [-0.05, 0) is 48.4 Å². The minimum Gasteiger partial charge on any atom is -0.336 e. The normalized spacial score (nSPS) is 11.5. The lowest BCUT2D eigenvalue weighted by atomic mass is 10.1. The second-order valence-electron chi connectivity index (χ2n) is 9.41. The van der Waals surface area contributed by atoms with Crippen molar-refractivity contribution in [3.05, 3.63) is 101 Å². The molecule has 0 amide bonds. The summed E-state index contributed by atoms with van der Waals surface area (Å²) in [5, 5.41) is 12.1. The van der Waals surface area contributed by atoms with Crippen LogP contribution in [-0.2, 0) is 13.1 Å². The number of aromatic nitrogens is 7. The van der Waals surface area contributed by atoms with Crippen LogP contribution in [0.4, 0.5) is 0 Å². The van der Waals surface area contributed by atoms with Crippen LogP contribution >= 0.6 is 11.3 Å². The third-order valence-electron chi connectivity index (χ3n) is 6.64. The van der Waals surface area contributed by atoms with Crippen molar-refractivity contribution in [1.82, 2.24) is 40.4 Å². The number of thiophene rings is 1. The molecule has 0 saturated heterocycles. The molecule has 0 spiro atoms. The maximum atomic E-state index is 4.93. The van der Waals surface area contributed by atoms with Crippen LogP contribution in [0.25, 0.3) is 55.3 Å². The predicted molar refractivity (Wildman–Crippen MR) is 155 cm³/mol. The van der Waals surface area contributed by atoms with E-state index in [9.17, 15) is 0 Å². The van der Waals surface area contributed by atoms with E-state index in [1.165, 1.54) is 10.4 Å². The minimum absolute atomic E-state index is 0.688. The zero-order chi connectivity index (χ0) is 26.2. The number of fused-ring (bicyclic) bond motifs is 2. The average Bonchev–Trinajstić information content (AvgIpc) is 3.71. The second kappa shape index (κ2) is 9.86. The van der Waals surface area contributed by atoms with E-state index in [-0.39, 0.29) is 0 Å². The molecule has 190 valence electrons. The van der Waals surface area contributed by atoms with E-state index in [1.807, 2.05) is 43.0 Å². The van der Waals surface area contributed by atoms with Crippen LogP contribution in [-0.4, -0.2) is 35.1 Å². The third-order valence-corrected chi connectivity index (χ3v) is 7.65. The van der Waals surface area contributed by atoms with Gasteiger partial charge in [0.15, 0.2) is 5.82 Å². The highest BCUT2D eigenvalue weighted by atomic mass is 32.1. The number of benzene rings is 1. The van der Waals surface area contributed by atoms with Crippen LogP contribution in [0.15, 0.2) is 85.5 Å². The Morgan fingerprint density at radius 1 is 0.846 bits per heavy atom. The summed E-state index contributed by atoms with van der Waals surface area (Å²) in [5.41, 5.74) is 8.34. The topological polar surface area (TPSA) is 108 Å². The number of hydrogen-bond donors (Lipinski definition) is 3. The van der Waals surface area contributed by atoms with E-state index < -0.39 is 0 Å². The lowest BCUT2D eigenvalue weighted by molar-refractivity contribution is 0.691. The van der Waals surface area contributed by atoms with Gasteiger partial charge in [0, 0.05) is 47.5 Å². The number of nitrogens with zero attached hydrogens (tertiary/aromatic N) is 5. The van der Waals surface area contributed by atoms with Gasteiger partial charge in [0.1, 0.15) is 16.9 Å². The van der Waals surface area contributed by atoms with Crippen LogP contribution in [0.3, 0.4) is 0 Å². The maximum absolute atomic E-state index is 4.93. The average molecular weight is 529 g/mol. The number of rotatable bonds is 7. The van der Waals surface area contributed by atoms with E-state index >= 15 is 0 Å². The molecule has 9 heteroatoms. The Labute approximate surface area is 228 Å². The number of imidazole rings is 1. The smallest absolute Gasteiger partial charge is 0.159 e. The van der Waals surface area contributed by atoms with Gasteiger partial charge in [-0.3, -0.25) is 20.1 Å². The van der Waals surface area contributed by atoms with Crippen LogP contribution in [0.1, 0.15) is 16.0 Å². The summed E-state index contributed by atoms with van der Waals surface area (Å²) >= 11 is 1.71. The van der Waals surface area contributed by atoms with Gasteiger partial charge in [0.2, 0.25) is 0 Å². The molecular formula is C30H24N8S. The molecule has 1 aromatic carbocycles. The predicted octanol–water partition coefficient (Wildman–Crippen LogP) is 6.28. The maximum Gasteiger partial charge on any atom is 0.159 e. The fourth-order valence-electron chi connectivity index (χ4n) is 4.72. The van der Waals surface area contributed by atoms with Crippen molar-refractivity contribution in [2.24, 2.45) is 0 Å². The molecule has 39 heavy (non-hydrogen) atoms. The first-order chi connectivity index (χ1) is 19.2. The van der Waals surface area contributed by atoms with Crippen LogP contribution in [0.5, 0.6) is 0 Å². The summed E-state index contributed by atoms with van der Waals surface area (Å²) in [6, 6.07) is 20.7. The zero-order valence-electron chi connectivity index (χ0n) is 21.1. The molecule has 0 fully saturated rings. The van der Waals surface area contributed by atoms with Gasteiger partial charge in [0.25, 0.3) is 0 Å². The number of nitrogens with one attached hydrogen (secondary N) is 3. The molecule has 6 heterocycles. The SMILES string of the molecule is Cc1ccc(-c2nccc3[nH]c(-c4n[nH]c5cnc(-c6cncc(CNCc7ccccc7)c6)cc45)nc23)s1. The fourth-order valence-corrected chi connectivity index (χ4v) is 5.58. The van der Waals surface area contributed by atoms with Crippen molar-refractivity contribution in [2.75, 3.05) is 0 Å². The quantitative estimate of drug-likeness (QED) is 0.225. The van der Waals surface area contributed by atoms with Crippen molar-refractivity contribution in [2.45, 2.75) is 20.0 Å². The molecule has 0 bridgehead atoms. The molecule has 0 aliphatic rings. The number of aromatic amines is 2. The Hall–Kier alpha value is -4.73. The van der Waals surface area contributed by atoms with Gasteiger partial charge < -0.3 is 10.3 Å². The van der Waals surface area contributed by atoms with Crippen molar-refractivity contribution in [3.63, 3.8) is 0 Å². The molecule has 0 saturated carbocycles. The van der Waals surface area contributed by atoms with E-state index in [0.29, 0.717) is 12.4 Å². The molecule has 0 unspecified atom stereocenters. The van der Waals surface area contributed by atoms with Gasteiger partial charge in [-0.1, -0.05) is 30.3 Å². The molecule has 0 aliphatic carbocycles. The lowest BCUT2D eigenvalue weighted by Gasteiger charge is -2.07. The first-order valence-electron chi connectivity index (χ1n) is 12.7. The van der Waals surface area contributed by atoms with Crippen LogP contribution in [0, 0.1) is 6.92 Å².